The van der Waals surface area contributed by atoms with E-state index >= 15 is 0 Å². The van der Waals surface area contributed by atoms with E-state index in [0.29, 0.717) is 5.70 Å². The van der Waals surface area contributed by atoms with Crippen LogP contribution in [0.2, 0.25) is 0 Å². The Morgan fingerprint density at radius 3 is 2.33 bits per heavy atom. The van der Waals surface area contributed by atoms with Gasteiger partial charge in [-0.3, -0.25) is 0 Å². The fraction of sp³-hybridized carbons (Fsp3) is 0.500. The molecule has 0 aliphatic carbocycles. The molecule has 0 aromatic rings. The van der Waals surface area contributed by atoms with Crippen molar-refractivity contribution in [2.24, 2.45) is 0 Å². The predicted molar refractivity (Wildman–Crippen MR) is 34.8 cm³/mol. The smallest absolute Gasteiger partial charge is 0.353 e. The SMILES string of the molecule is CC=C(NC)C(=O)OC. The van der Waals surface area contributed by atoms with E-state index in [9.17, 15) is 4.79 Å². The molecule has 0 saturated heterocycles. The molecule has 0 heterocycles. The lowest BCUT2D eigenvalue weighted by molar-refractivity contribution is -0.136. The van der Waals surface area contributed by atoms with Gasteiger partial charge in [-0.15, -0.1) is 0 Å². The Hall–Kier alpha value is -0.990. The van der Waals surface area contributed by atoms with Gasteiger partial charge in [0.15, 0.2) is 0 Å². The van der Waals surface area contributed by atoms with Crippen LogP contribution in [0.4, 0.5) is 0 Å². The molecule has 0 saturated carbocycles. The number of nitrogens with one attached hydrogen (secondary N) is 1. The first kappa shape index (κ1) is 8.01. The standard InChI is InChI=1S/C6H11NO2/c1-4-5(7-2)6(8)9-3/h4,7H,1-3H3. The minimum absolute atomic E-state index is 0.333. The molecule has 52 valence electrons. The van der Waals surface area contributed by atoms with Crippen molar-refractivity contribution >= 4 is 5.97 Å². The summed E-state index contributed by atoms with van der Waals surface area (Å²) in [4.78, 5) is 10.6. The van der Waals surface area contributed by atoms with Crippen molar-refractivity contribution in [1.29, 1.82) is 0 Å². The van der Waals surface area contributed by atoms with Gasteiger partial charge in [-0.2, -0.15) is 0 Å². The summed E-state index contributed by atoms with van der Waals surface area (Å²) in [6, 6.07) is 0. The number of rotatable bonds is 2. The number of carbonyl (C=O) groups excluding carboxylic acids is 1. The van der Waals surface area contributed by atoms with Crippen LogP contribution >= 0.6 is 0 Å². The maximum absolute atomic E-state index is 10.6. The van der Waals surface area contributed by atoms with Gasteiger partial charge in [0, 0.05) is 7.05 Å². The lowest BCUT2D eigenvalue weighted by atomic mass is 10.4. The molecular formula is C6H11NO2. The molecule has 1 N–H and O–H groups in total. The van der Waals surface area contributed by atoms with E-state index in [0.717, 1.165) is 0 Å². The predicted octanol–water partition coefficient (Wildman–Crippen LogP) is 0.283. The van der Waals surface area contributed by atoms with Crippen LogP contribution in [-0.4, -0.2) is 20.1 Å². The fourth-order valence-corrected chi connectivity index (χ4v) is 0.474. The summed E-state index contributed by atoms with van der Waals surface area (Å²) in [5.41, 5.74) is 0.484. The van der Waals surface area contributed by atoms with Crippen molar-refractivity contribution in [3.8, 4) is 0 Å². The van der Waals surface area contributed by atoms with E-state index in [1.54, 1.807) is 20.0 Å². The summed E-state index contributed by atoms with van der Waals surface area (Å²) in [5.74, 6) is -0.333. The summed E-state index contributed by atoms with van der Waals surface area (Å²) in [6.45, 7) is 1.77. The van der Waals surface area contributed by atoms with Crippen LogP contribution < -0.4 is 5.32 Å². The third kappa shape index (κ3) is 2.17. The molecule has 3 heteroatoms. The highest BCUT2D eigenvalue weighted by molar-refractivity contribution is 5.87. The summed E-state index contributed by atoms with van der Waals surface area (Å²) >= 11 is 0. The first-order valence-electron chi connectivity index (χ1n) is 2.68. The van der Waals surface area contributed by atoms with E-state index in [1.165, 1.54) is 7.11 Å². The zero-order valence-corrected chi connectivity index (χ0v) is 5.89. The van der Waals surface area contributed by atoms with Crippen LogP contribution in [0.25, 0.3) is 0 Å². The summed E-state index contributed by atoms with van der Waals surface area (Å²) in [7, 11) is 3.02. The van der Waals surface area contributed by atoms with Crippen LogP contribution in [0.3, 0.4) is 0 Å². The molecule has 3 nitrogen and oxygen atoms in total. The van der Waals surface area contributed by atoms with Gasteiger partial charge in [0.25, 0.3) is 0 Å². The van der Waals surface area contributed by atoms with E-state index in [2.05, 4.69) is 10.1 Å². The van der Waals surface area contributed by atoms with Gasteiger partial charge in [-0.1, -0.05) is 6.08 Å². The molecule has 0 amide bonds. The zero-order valence-electron chi connectivity index (χ0n) is 5.89. The van der Waals surface area contributed by atoms with Gasteiger partial charge in [-0.25, -0.2) is 4.79 Å². The Morgan fingerprint density at radius 2 is 2.22 bits per heavy atom. The molecule has 0 spiro atoms. The van der Waals surface area contributed by atoms with E-state index in [1.807, 2.05) is 0 Å². The van der Waals surface area contributed by atoms with Gasteiger partial charge in [0.1, 0.15) is 5.70 Å². The Kier molecular flexibility index (Phi) is 3.51. The van der Waals surface area contributed by atoms with Crippen molar-refractivity contribution in [3.63, 3.8) is 0 Å². The second-order valence-corrected chi connectivity index (χ2v) is 1.44. The van der Waals surface area contributed by atoms with E-state index < -0.39 is 0 Å². The van der Waals surface area contributed by atoms with Crippen LogP contribution in [0, 0.1) is 0 Å². The van der Waals surface area contributed by atoms with Crippen LogP contribution in [0.5, 0.6) is 0 Å². The lowest BCUT2D eigenvalue weighted by Crippen LogP contribution is -2.16. The van der Waals surface area contributed by atoms with Crippen LogP contribution in [-0.2, 0) is 9.53 Å². The molecule has 9 heavy (non-hydrogen) atoms. The monoisotopic (exact) mass is 129 g/mol. The molecule has 0 rings (SSSR count). The van der Waals surface area contributed by atoms with Gasteiger partial charge in [0.2, 0.25) is 0 Å². The Bertz CT molecular complexity index is 129. The van der Waals surface area contributed by atoms with Gasteiger partial charge >= 0.3 is 5.97 Å². The van der Waals surface area contributed by atoms with Crippen molar-refractivity contribution in [2.75, 3.05) is 14.2 Å². The summed E-state index contributed by atoms with van der Waals surface area (Å²) < 4.78 is 4.42. The molecule has 0 unspecified atom stereocenters. The number of allylic oxidation sites excluding steroid dienone is 1. The van der Waals surface area contributed by atoms with Gasteiger partial charge in [-0.05, 0) is 6.92 Å². The quantitative estimate of drug-likeness (QED) is 0.430. The first-order valence-corrected chi connectivity index (χ1v) is 2.68. The number of methoxy groups -OCH3 is 1. The largest absolute Gasteiger partial charge is 0.464 e. The van der Waals surface area contributed by atoms with Crippen molar-refractivity contribution < 1.29 is 9.53 Å². The molecule has 0 aliphatic heterocycles. The molecule has 0 fully saturated rings. The average Bonchev–Trinajstić information content (AvgIpc) is 1.90. The van der Waals surface area contributed by atoms with Crippen LogP contribution in [0.1, 0.15) is 6.92 Å². The van der Waals surface area contributed by atoms with Crippen LogP contribution in [0.15, 0.2) is 11.8 Å². The number of likely N-dealkylation sites (N-methyl/N-ethyl adjacent to an activating group) is 1. The second-order valence-electron chi connectivity index (χ2n) is 1.44. The van der Waals surface area contributed by atoms with Crippen molar-refractivity contribution in [1.82, 2.24) is 5.32 Å². The molecular weight excluding hydrogens is 118 g/mol. The molecule has 0 aromatic heterocycles. The van der Waals surface area contributed by atoms with Crippen molar-refractivity contribution in [2.45, 2.75) is 6.92 Å². The number of hydrogen-bond donors (Lipinski definition) is 1. The highest BCUT2D eigenvalue weighted by atomic mass is 16.5. The summed E-state index contributed by atoms with van der Waals surface area (Å²) in [5, 5.41) is 2.69. The Balaban J connectivity index is 3.97. The Labute approximate surface area is 54.7 Å². The third-order valence-corrected chi connectivity index (χ3v) is 0.963. The first-order chi connectivity index (χ1) is 4.26. The van der Waals surface area contributed by atoms with Gasteiger partial charge in [0.05, 0.1) is 7.11 Å². The number of hydrogen-bond acceptors (Lipinski definition) is 3. The van der Waals surface area contributed by atoms with E-state index in [-0.39, 0.29) is 5.97 Å². The molecule has 0 aliphatic rings. The van der Waals surface area contributed by atoms with E-state index in [4.69, 9.17) is 0 Å². The third-order valence-electron chi connectivity index (χ3n) is 0.963. The zero-order chi connectivity index (χ0) is 7.28. The molecule has 0 radical (unpaired) electrons. The Morgan fingerprint density at radius 1 is 1.67 bits per heavy atom. The second kappa shape index (κ2) is 3.95. The number of ether oxygens (including phenoxy) is 1. The topological polar surface area (TPSA) is 38.3 Å². The highest BCUT2D eigenvalue weighted by Gasteiger charge is 2.02. The number of carbonyl (C=O) groups is 1. The highest BCUT2D eigenvalue weighted by Crippen LogP contribution is 1.88. The van der Waals surface area contributed by atoms with Gasteiger partial charge < -0.3 is 10.1 Å². The normalized spacial score (nSPS) is 10.8. The maximum Gasteiger partial charge on any atom is 0.353 e. The fourth-order valence-electron chi connectivity index (χ4n) is 0.474. The molecule has 0 bridgehead atoms. The molecule has 0 aromatic carbocycles. The average molecular weight is 129 g/mol. The summed E-state index contributed by atoms with van der Waals surface area (Å²) in [6.07, 6.45) is 1.66. The minimum Gasteiger partial charge on any atom is -0.464 e. The maximum atomic E-state index is 10.6. The van der Waals surface area contributed by atoms with Crippen molar-refractivity contribution in [3.05, 3.63) is 11.8 Å². The molecule has 0 atom stereocenters. The minimum atomic E-state index is -0.333. The number of esters is 1. The lowest BCUT2D eigenvalue weighted by Gasteiger charge is -2.00.